The van der Waals surface area contributed by atoms with Crippen LogP contribution in [0.3, 0.4) is 0 Å². The Morgan fingerprint density at radius 2 is 2.00 bits per heavy atom. The Morgan fingerprint density at radius 1 is 1.29 bits per heavy atom. The first-order valence-electron chi connectivity index (χ1n) is 5.39. The second-order valence-electron chi connectivity index (χ2n) is 3.98. The van der Waals surface area contributed by atoms with E-state index in [-0.39, 0.29) is 5.78 Å². The minimum absolute atomic E-state index is 0.150. The van der Waals surface area contributed by atoms with Crippen LogP contribution in [0.1, 0.15) is 12.0 Å². The summed E-state index contributed by atoms with van der Waals surface area (Å²) < 4.78 is -0.533. The van der Waals surface area contributed by atoms with Gasteiger partial charge in [-0.15, -0.1) is 0 Å². The molecule has 2 rings (SSSR count). The lowest BCUT2D eigenvalue weighted by molar-refractivity contribution is -0.117. The lowest BCUT2D eigenvalue weighted by Crippen LogP contribution is -2.31. The first kappa shape index (κ1) is 12.8. The number of Topliss-reactive ketones (excluding diaryl/α,β-unsaturated/α-hetero) is 1. The molecule has 3 heteroatoms. The highest BCUT2D eigenvalue weighted by molar-refractivity contribution is 9.11. The first-order chi connectivity index (χ1) is 8.15. The number of allylic oxidation sites excluding steroid dienone is 4. The van der Waals surface area contributed by atoms with Crippen molar-refractivity contribution in [1.82, 2.24) is 0 Å². The van der Waals surface area contributed by atoms with Gasteiger partial charge < -0.3 is 0 Å². The standard InChI is InChI=1S/C14H12Br2O/c15-10-13(17)14(16)8-6-12(7-9-14)11-4-2-1-3-5-11/h1-8H,9-10H2. The van der Waals surface area contributed by atoms with Gasteiger partial charge in [0.15, 0.2) is 5.78 Å². The maximum Gasteiger partial charge on any atom is 0.164 e. The number of ketones is 1. The quantitative estimate of drug-likeness (QED) is 0.745. The van der Waals surface area contributed by atoms with Gasteiger partial charge in [0.2, 0.25) is 0 Å². The molecule has 0 saturated carbocycles. The summed E-state index contributed by atoms with van der Waals surface area (Å²) in [7, 11) is 0. The summed E-state index contributed by atoms with van der Waals surface area (Å²) in [6.07, 6.45) is 6.75. The SMILES string of the molecule is O=C(CBr)C1(Br)C=CC(c2ccccc2)=CC1. The van der Waals surface area contributed by atoms with Crippen molar-refractivity contribution in [2.75, 3.05) is 5.33 Å². The molecule has 1 atom stereocenters. The third-order valence-corrected chi connectivity index (χ3v) is 4.38. The van der Waals surface area contributed by atoms with Crippen LogP contribution in [0.15, 0.2) is 48.6 Å². The molecule has 17 heavy (non-hydrogen) atoms. The molecule has 0 amide bonds. The Kier molecular flexibility index (Phi) is 4.00. The number of hydrogen-bond acceptors (Lipinski definition) is 1. The van der Waals surface area contributed by atoms with Crippen LogP contribution in [0.2, 0.25) is 0 Å². The fourth-order valence-electron chi connectivity index (χ4n) is 1.78. The Labute approximate surface area is 118 Å². The molecule has 1 aromatic carbocycles. The fourth-order valence-corrected chi connectivity index (χ4v) is 3.09. The molecule has 0 aromatic heterocycles. The zero-order chi connectivity index (χ0) is 12.3. The topological polar surface area (TPSA) is 17.1 Å². The van der Waals surface area contributed by atoms with E-state index in [0.29, 0.717) is 11.8 Å². The fraction of sp³-hybridized carbons (Fsp3) is 0.214. The van der Waals surface area contributed by atoms with Gasteiger partial charge in [-0.1, -0.05) is 80.4 Å². The molecule has 0 heterocycles. The number of hydrogen-bond donors (Lipinski definition) is 0. The van der Waals surface area contributed by atoms with Gasteiger partial charge >= 0.3 is 0 Å². The minimum Gasteiger partial charge on any atom is -0.297 e. The van der Waals surface area contributed by atoms with Crippen molar-refractivity contribution in [2.24, 2.45) is 0 Å². The molecule has 88 valence electrons. The van der Waals surface area contributed by atoms with Crippen molar-refractivity contribution < 1.29 is 4.79 Å². The summed E-state index contributed by atoms with van der Waals surface area (Å²) in [5, 5.41) is 0.372. The van der Waals surface area contributed by atoms with E-state index in [9.17, 15) is 4.79 Å². The molecule has 0 N–H and O–H groups in total. The molecule has 1 unspecified atom stereocenters. The zero-order valence-corrected chi connectivity index (χ0v) is 12.4. The van der Waals surface area contributed by atoms with E-state index >= 15 is 0 Å². The molecule has 0 spiro atoms. The average molecular weight is 356 g/mol. The van der Waals surface area contributed by atoms with Crippen LogP contribution < -0.4 is 0 Å². The Morgan fingerprint density at radius 3 is 2.53 bits per heavy atom. The zero-order valence-electron chi connectivity index (χ0n) is 9.20. The third-order valence-electron chi connectivity index (χ3n) is 2.84. The minimum atomic E-state index is -0.533. The third kappa shape index (κ3) is 2.78. The molecule has 0 bridgehead atoms. The summed E-state index contributed by atoms with van der Waals surface area (Å²) in [5.41, 5.74) is 2.35. The number of halogens is 2. The predicted octanol–water partition coefficient (Wildman–Crippen LogP) is 4.13. The van der Waals surface area contributed by atoms with E-state index in [0.717, 1.165) is 0 Å². The van der Waals surface area contributed by atoms with Crippen LogP contribution in [0.25, 0.3) is 5.57 Å². The van der Waals surface area contributed by atoms with Gasteiger partial charge in [-0.05, 0) is 17.6 Å². The lowest BCUT2D eigenvalue weighted by atomic mass is 9.91. The van der Waals surface area contributed by atoms with Crippen LogP contribution in [-0.4, -0.2) is 15.4 Å². The molecule has 0 fully saturated rings. The Bertz CT molecular complexity index is 476. The molecule has 0 saturated heterocycles. The van der Waals surface area contributed by atoms with Crippen LogP contribution in [0, 0.1) is 0 Å². The van der Waals surface area contributed by atoms with Crippen LogP contribution in [0.5, 0.6) is 0 Å². The molecule has 0 aliphatic heterocycles. The van der Waals surface area contributed by atoms with Crippen LogP contribution >= 0.6 is 31.9 Å². The molecule has 1 nitrogen and oxygen atoms in total. The monoisotopic (exact) mass is 354 g/mol. The van der Waals surface area contributed by atoms with E-state index in [1.54, 1.807) is 0 Å². The van der Waals surface area contributed by atoms with Gasteiger partial charge in [0.05, 0.1) is 5.33 Å². The highest BCUT2D eigenvalue weighted by Crippen LogP contribution is 2.34. The van der Waals surface area contributed by atoms with E-state index in [4.69, 9.17) is 0 Å². The maximum atomic E-state index is 11.8. The van der Waals surface area contributed by atoms with Crippen molar-refractivity contribution in [3.05, 3.63) is 54.1 Å². The normalized spacial score (nSPS) is 23.3. The second kappa shape index (κ2) is 5.32. The first-order valence-corrected chi connectivity index (χ1v) is 7.30. The van der Waals surface area contributed by atoms with Crippen molar-refractivity contribution in [1.29, 1.82) is 0 Å². The summed E-state index contributed by atoms with van der Waals surface area (Å²) in [4.78, 5) is 11.8. The number of carbonyl (C=O) groups excluding carboxylic acids is 1. The molecular weight excluding hydrogens is 344 g/mol. The van der Waals surface area contributed by atoms with Gasteiger partial charge in [-0.3, -0.25) is 4.79 Å². The molecule has 0 radical (unpaired) electrons. The summed E-state index contributed by atoms with van der Waals surface area (Å²) in [6, 6.07) is 10.2. The second-order valence-corrected chi connectivity index (χ2v) is 5.96. The lowest BCUT2D eigenvalue weighted by Gasteiger charge is -2.23. The van der Waals surface area contributed by atoms with Crippen LogP contribution in [0.4, 0.5) is 0 Å². The van der Waals surface area contributed by atoms with E-state index < -0.39 is 4.32 Å². The van der Waals surface area contributed by atoms with Gasteiger partial charge in [-0.2, -0.15) is 0 Å². The van der Waals surface area contributed by atoms with E-state index in [1.165, 1.54) is 11.1 Å². The summed E-state index contributed by atoms with van der Waals surface area (Å²) in [6.45, 7) is 0. The van der Waals surface area contributed by atoms with E-state index in [1.807, 2.05) is 30.4 Å². The molecule has 1 aliphatic rings. The maximum absolute atomic E-state index is 11.8. The average Bonchev–Trinajstić information content (AvgIpc) is 2.39. The summed E-state index contributed by atoms with van der Waals surface area (Å²) >= 11 is 6.72. The highest BCUT2D eigenvalue weighted by Gasteiger charge is 2.32. The summed E-state index contributed by atoms with van der Waals surface area (Å²) in [5.74, 6) is 0.150. The van der Waals surface area contributed by atoms with Crippen molar-refractivity contribution >= 4 is 43.2 Å². The molecule has 1 aromatic rings. The highest BCUT2D eigenvalue weighted by atomic mass is 79.9. The van der Waals surface area contributed by atoms with Crippen LogP contribution in [-0.2, 0) is 4.79 Å². The van der Waals surface area contributed by atoms with Gasteiger partial charge in [0, 0.05) is 0 Å². The Balaban J connectivity index is 2.20. The van der Waals surface area contributed by atoms with Gasteiger partial charge in [0.25, 0.3) is 0 Å². The molecule has 1 aliphatic carbocycles. The largest absolute Gasteiger partial charge is 0.297 e. The smallest absolute Gasteiger partial charge is 0.164 e. The van der Waals surface area contributed by atoms with E-state index in [2.05, 4.69) is 50.1 Å². The number of alkyl halides is 2. The molecular formula is C14H12Br2O. The number of benzene rings is 1. The Hall–Kier alpha value is -0.670. The van der Waals surface area contributed by atoms with Crippen molar-refractivity contribution in [3.63, 3.8) is 0 Å². The predicted molar refractivity (Wildman–Crippen MR) is 78.6 cm³/mol. The number of carbonyl (C=O) groups is 1. The number of rotatable bonds is 3. The van der Waals surface area contributed by atoms with Crippen molar-refractivity contribution in [2.45, 2.75) is 10.7 Å². The van der Waals surface area contributed by atoms with Gasteiger partial charge in [0.1, 0.15) is 4.32 Å². The van der Waals surface area contributed by atoms with Crippen molar-refractivity contribution in [3.8, 4) is 0 Å². The van der Waals surface area contributed by atoms with Gasteiger partial charge in [-0.25, -0.2) is 0 Å².